The van der Waals surface area contributed by atoms with E-state index in [1.54, 1.807) is 12.1 Å². The highest BCUT2D eigenvalue weighted by molar-refractivity contribution is 7.99. The highest BCUT2D eigenvalue weighted by atomic mass is 32.2. The predicted molar refractivity (Wildman–Crippen MR) is 124 cm³/mol. The Kier molecular flexibility index (Phi) is 7.22. The Morgan fingerprint density at radius 1 is 1.25 bits per heavy atom. The van der Waals surface area contributed by atoms with Crippen LogP contribution in [0.3, 0.4) is 0 Å². The van der Waals surface area contributed by atoms with Crippen LogP contribution in [0, 0.1) is 12.7 Å². The third kappa shape index (κ3) is 5.19. The van der Waals surface area contributed by atoms with Crippen LogP contribution in [0.1, 0.15) is 30.9 Å². The minimum absolute atomic E-state index is 0.0810. The number of nitrogens with zero attached hydrogens (tertiary/aromatic N) is 3. The Balaban J connectivity index is 1.51. The molecule has 1 unspecified atom stereocenters. The lowest BCUT2D eigenvalue weighted by Crippen LogP contribution is -2.19. The number of hydrogen-bond acceptors (Lipinski definition) is 5. The summed E-state index contributed by atoms with van der Waals surface area (Å²) in [5.41, 5.74) is 3.82. The molecule has 1 aliphatic rings. The van der Waals surface area contributed by atoms with Gasteiger partial charge in [-0.25, -0.2) is 4.39 Å². The van der Waals surface area contributed by atoms with Crippen LogP contribution in [0.25, 0.3) is 11.4 Å². The standard InChI is InChI=1S/C24H27FN4O2S/c1-3-17-7-4-6-16(2)22(17)26-21(30)15-32-24-28-27-23(18-9-11-19(25)12-10-18)29(24)14-20-8-5-13-31-20/h4,6-7,9-12,20H,3,5,8,13-15H2,1-2H3,(H,26,30). The Morgan fingerprint density at radius 3 is 2.78 bits per heavy atom. The van der Waals surface area contributed by atoms with Gasteiger partial charge in [-0.1, -0.05) is 36.9 Å². The minimum atomic E-state index is -0.298. The van der Waals surface area contributed by atoms with Gasteiger partial charge in [0.05, 0.1) is 18.4 Å². The normalized spacial score (nSPS) is 15.8. The van der Waals surface area contributed by atoms with Crippen molar-refractivity contribution in [1.82, 2.24) is 14.8 Å². The fourth-order valence-corrected chi connectivity index (χ4v) is 4.62. The first-order valence-corrected chi connectivity index (χ1v) is 11.9. The van der Waals surface area contributed by atoms with Crippen molar-refractivity contribution in [1.29, 1.82) is 0 Å². The van der Waals surface area contributed by atoms with Crippen LogP contribution in [0.2, 0.25) is 0 Å². The van der Waals surface area contributed by atoms with Gasteiger partial charge < -0.3 is 10.1 Å². The van der Waals surface area contributed by atoms with Crippen LogP contribution < -0.4 is 5.32 Å². The van der Waals surface area contributed by atoms with E-state index in [1.807, 2.05) is 29.7 Å². The van der Waals surface area contributed by atoms with Gasteiger partial charge in [-0.05, 0) is 61.6 Å². The Bertz CT molecular complexity index is 1080. The lowest BCUT2D eigenvalue weighted by atomic mass is 10.1. The van der Waals surface area contributed by atoms with E-state index in [2.05, 4.69) is 22.4 Å². The summed E-state index contributed by atoms with van der Waals surface area (Å²) in [5.74, 6) is 0.474. The second kappa shape index (κ2) is 10.3. The number of carbonyl (C=O) groups is 1. The number of hydrogen-bond donors (Lipinski definition) is 1. The average Bonchev–Trinajstić information content (AvgIpc) is 3.45. The van der Waals surface area contributed by atoms with Gasteiger partial charge >= 0.3 is 0 Å². The third-order valence-electron chi connectivity index (χ3n) is 5.57. The van der Waals surface area contributed by atoms with Crippen molar-refractivity contribution in [3.8, 4) is 11.4 Å². The molecule has 32 heavy (non-hydrogen) atoms. The van der Waals surface area contributed by atoms with Gasteiger partial charge in [0.2, 0.25) is 5.91 Å². The number of aromatic nitrogens is 3. The molecule has 168 valence electrons. The Labute approximate surface area is 191 Å². The van der Waals surface area contributed by atoms with Gasteiger partial charge in [0.25, 0.3) is 0 Å². The van der Waals surface area contributed by atoms with Crippen molar-refractivity contribution in [2.45, 2.75) is 50.9 Å². The maximum atomic E-state index is 13.4. The molecule has 2 aromatic carbocycles. The zero-order valence-electron chi connectivity index (χ0n) is 18.3. The summed E-state index contributed by atoms with van der Waals surface area (Å²) in [6, 6.07) is 12.2. The summed E-state index contributed by atoms with van der Waals surface area (Å²) in [5, 5.41) is 12.4. The summed E-state index contributed by atoms with van der Waals surface area (Å²) in [6.45, 7) is 5.42. The summed E-state index contributed by atoms with van der Waals surface area (Å²) in [6.07, 6.45) is 2.93. The molecule has 0 aliphatic carbocycles. The van der Waals surface area contributed by atoms with E-state index in [4.69, 9.17) is 4.74 Å². The maximum Gasteiger partial charge on any atom is 0.234 e. The second-order valence-corrected chi connectivity index (χ2v) is 8.80. The molecule has 4 rings (SSSR count). The number of ether oxygens (including phenoxy) is 1. The summed E-state index contributed by atoms with van der Waals surface area (Å²) >= 11 is 1.34. The quantitative estimate of drug-likeness (QED) is 0.492. The van der Waals surface area contributed by atoms with E-state index in [9.17, 15) is 9.18 Å². The highest BCUT2D eigenvalue weighted by Gasteiger charge is 2.22. The molecule has 0 bridgehead atoms. The van der Waals surface area contributed by atoms with Crippen LogP contribution in [0.4, 0.5) is 10.1 Å². The van der Waals surface area contributed by atoms with Crippen molar-refractivity contribution in [3.05, 3.63) is 59.4 Å². The molecule has 1 N–H and O–H groups in total. The van der Waals surface area contributed by atoms with Crippen LogP contribution in [0.15, 0.2) is 47.6 Å². The molecule has 0 saturated carbocycles. The molecule has 6 nitrogen and oxygen atoms in total. The number of amides is 1. The first kappa shape index (κ1) is 22.5. The molecule has 1 saturated heterocycles. The largest absolute Gasteiger partial charge is 0.376 e. The summed E-state index contributed by atoms with van der Waals surface area (Å²) in [7, 11) is 0. The van der Waals surface area contributed by atoms with Crippen LogP contribution in [-0.2, 0) is 22.5 Å². The number of aryl methyl sites for hydroxylation is 2. The lowest BCUT2D eigenvalue weighted by Gasteiger charge is -2.15. The smallest absolute Gasteiger partial charge is 0.234 e. The predicted octanol–water partition coefficient (Wildman–Crippen LogP) is 4.86. The molecule has 3 aromatic rings. The molecule has 1 aliphatic heterocycles. The summed E-state index contributed by atoms with van der Waals surface area (Å²) < 4.78 is 21.2. The van der Waals surface area contributed by atoms with E-state index in [0.717, 1.165) is 48.2 Å². The van der Waals surface area contributed by atoms with Gasteiger partial charge in [0, 0.05) is 17.9 Å². The van der Waals surface area contributed by atoms with Crippen molar-refractivity contribution in [2.24, 2.45) is 0 Å². The molecule has 1 atom stereocenters. The first-order valence-electron chi connectivity index (χ1n) is 10.9. The third-order valence-corrected chi connectivity index (χ3v) is 6.53. The van der Waals surface area contributed by atoms with Gasteiger partial charge in [0.15, 0.2) is 11.0 Å². The first-order chi connectivity index (χ1) is 15.5. The van der Waals surface area contributed by atoms with E-state index in [1.165, 1.54) is 23.9 Å². The molecule has 2 heterocycles. The van der Waals surface area contributed by atoms with Gasteiger partial charge in [-0.2, -0.15) is 0 Å². The van der Waals surface area contributed by atoms with Gasteiger partial charge in [-0.3, -0.25) is 9.36 Å². The highest BCUT2D eigenvalue weighted by Crippen LogP contribution is 2.27. The molecular weight excluding hydrogens is 427 g/mol. The molecule has 8 heteroatoms. The van der Waals surface area contributed by atoms with Crippen LogP contribution in [-0.4, -0.2) is 39.1 Å². The molecule has 1 aromatic heterocycles. The number of benzene rings is 2. The van der Waals surface area contributed by atoms with Crippen LogP contribution in [0.5, 0.6) is 0 Å². The Hall–Kier alpha value is -2.71. The number of thioether (sulfide) groups is 1. The van der Waals surface area contributed by atoms with E-state index in [0.29, 0.717) is 17.5 Å². The SMILES string of the molecule is CCc1cccc(C)c1NC(=O)CSc1nnc(-c2ccc(F)cc2)n1CC1CCCO1. The molecular formula is C24H27FN4O2S. The van der Waals surface area contributed by atoms with Crippen molar-refractivity contribution >= 4 is 23.4 Å². The monoisotopic (exact) mass is 454 g/mol. The zero-order chi connectivity index (χ0) is 22.5. The van der Waals surface area contributed by atoms with E-state index in [-0.39, 0.29) is 23.6 Å². The Morgan fingerprint density at radius 2 is 2.06 bits per heavy atom. The van der Waals surface area contributed by atoms with E-state index >= 15 is 0 Å². The van der Waals surface area contributed by atoms with E-state index < -0.39 is 0 Å². The number of rotatable bonds is 8. The molecule has 1 amide bonds. The van der Waals surface area contributed by atoms with Gasteiger partial charge in [0.1, 0.15) is 5.82 Å². The van der Waals surface area contributed by atoms with Crippen LogP contribution >= 0.6 is 11.8 Å². The van der Waals surface area contributed by atoms with Crippen molar-refractivity contribution in [3.63, 3.8) is 0 Å². The van der Waals surface area contributed by atoms with Crippen molar-refractivity contribution < 1.29 is 13.9 Å². The van der Waals surface area contributed by atoms with Gasteiger partial charge in [-0.15, -0.1) is 10.2 Å². The lowest BCUT2D eigenvalue weighted by molar-refractivity contribution is -0.113. The average molecular weight is 455 g/mol. The fraction of sp³-hybridized carbons (Fsp3) is 0.375. The molecule has 0 radical (unpaired) electrons. The molecule has 1 fully saturated rings. The maximum absolute atomic E-state index is 13.4. The number of carbonyl (C=O) groups excluding carboxylic acids is 1. The fourth-order valence-electron chi connectivity index (χ4n) is 3.87. The zero-order valence-corrected chi connectivity index (χ0v) is 19.1. The number of nitrogens with one attached hydrogen (secondary N) is 1. The molecule has 0 spiro atoms. The number of anilines is 1. The number of halogens is 1. The summed E-state index contributed by atoms with van der Waals surface area (Å²) in [4.78, 5) is 12.7. The minimum Gasteiger partial charge on any atom is -0.376 e. The number of para-hydroxylation sites is 1. The second-order valence-electron chi connectivity index (χ2n) is 7.86. The van der Waals surface area contributed by atoms with Crippen molar-refractivity contribution in [2.75, 3.05) is 17.7 Å². The topological polar surface area (TPSA) is 69.0 Å².